The molecule has 1 amide bonds. The van der Waals surface area contributed by atoms with Crippen molar-refractivity contribution in [3.8, 4) is 11.8 Å². The van der Waals surface area contributed by atoms with E-state index in [1.807, 2.05) is 0 Å². The van der Waals surface area contributed by atoms with Gasteiger partial charge in [-0.15, -0.1) is 11.3 Å². The molecule has 0 bridgehead atoms. The quantitative estimate of drug-likeness (QED) is 0.853. The molecule has 108 valence electrons. The summed E-state index contributed by atoms with van der Waals surface area (Å²) in [6.07, 6.45) is 0.381. The molecule has 5 heteroatoms. The molecule has 0 unspecified atom stereocenters. The molecular formula is C16H14FNO2S. The summed E-state index contributed by atoms with van der Waals surface area (Å²) in [6.45, 7) is 0.337. The number of halogens is 1. The molecule has 2 aromatic rings. The Balaban J connectivity index is 1.99. The van der Waals surface area contributed by atoms with Crippen LogP contribution in [-0.4, -0.2) is 17.6 Å². The molecule has 0 saturated carbocycles. The lowest BCUT2D eigenvalue weighted by Crippen LogP contribution is -2.22. The Labute approximate surface area is 126 Å². The smallest absolute Gasteiger partial charge is 0.262 e. The highest BCUT2D eigenvalue weighted by Crippen LogP contribution is 2.16. The second-order valence-electron chi connectivity index (χ2n) is 4.25. The first-order valence-electron chi connectivity index (χ1n) is 6.40. The zero-order valence-corrected chi connectivity index (χ0v) is 12.0. The normalized spacial score (nSPS) is 9.81. The summed E-state index contributed by atoms with van der Waals surface area (Å²) in [5.41, 5.74) is 1.49. The molecule has 21 heavy (non-hydrogen) atoms. The topological polar surface area (TPSA) is 49.3 Å². The van der Waals surface area contributed by atoms with E-state index >= 15 is 0 Å². The summed E-state index contributed by atoms with van der Waals surface area (Å²) in [5, 5.41) is 13.3. The second kappa shape index (κ2) is 7.58. The Morgan fingerprint density at radius 1 is 1.29 bits per heavy atom. The standard InChI is InChI=1S/C16H14FNO2S/c17-14-6-4-12(5-7-14)11-18-16(20)15-13(8-10-21-15)3-1-2-9-19/h4-8,10,19H,2,9,11H2,(H,18,20). The number of aliphatic hydroxyl groups is 1. The van der Waals surface area contributed by atoms with Crippen molar-refractivity contribution in [2.75, 3.05) is 6.61 Å². The fourth-order valence-corrected chi connectivity index (χ4v) is 2.43. The second-order valence-corrected chi connectivity index (χ2v) is 5.16. The summed E-state index contributed by atoms with van der Waals surface area (Å²) in [6, 6.07) is 7.76. The van der Waals surface area contributed by atoms with Crippen molar-refractivity contribution >= 4 is 17.2 Å². The zero-order chi connectivity index (χ0) is 15.1. The van der Waals surface area contributed by atoms with Crippen molar-refractivity contribution in [1.29, 1.82) is 0 Å². The van der Waals surface area contributed by atoms with Gasteiger partial charge in [-0.25, -0.2) is 4.39 Å². The van der Waals surface area contributed by atoms with Gasteiger partial charge in [-0.05, 0) is 29.1 Å². The Bertz CT molecular complexity index is 668. The number of amides is 1. The number of hydrogen-bond donors (Lipinski definition) is 2. The van der Waals surface area contributed by atoms with Crippen LogP contribution in [0.25, 0.3) is 0 Å². The number of aliphatic hydroxyl groups excluding tert-OH is 1. The van der Waals surface area contributed by atoms with Crippen molar-refractivity contribution in [2.45, 2.75) is 13.0 Å². The molecule has 0 atom stereocenters. The van der Waals surface area contributed by atoms with Crippen LogP contribution in [0.4, 0.5) is 4.39 Å². The molecule has 0 aliphatic heterocycles. The number of nitrogens with one attached hydrogen (secondary N) is 1. The molecule has 1 aromatic heterocycles. The number of thiophene rings is 1. The Hall–Kier alpha value is -2.16. The first-order chi connectivity index (χ1) is 10.2. The highest BCUT2D eigenvalue weighted by molar-refractivity contribution is 7.12. The highest BCUT2D eigenvalue weighted by Gasteiger charge is 2.11. The van der Waals surface area contributed by atoms with Gasteiger partial charge in [0, 0.05) is 18.5 Å². The van der Waals surface area contributed by atoms with E-state index in [2.05, 4.69) is 17.2 Å². The fourth-order valence-electron chi connectivity index (χ4n) is 1.66. The minimum absolute atomic E-state index is 0.00321. The van der Waals surface area contributed by atoms with Crippen molar-refractivity contribution in [1.82, 2.24) is 5.32 Å². The molecule has 0 aliphatic carbocycles. The molecule has 2 N–H and O–H groups in total. The van der Waals surface area contributed by atoms with E-state index in [1.54, 1.807) is 23.6 Å². The monoisotopic (exact) mass is 303 g/mol. The lowest BCUT2D eigenvalue weighted by atomic mass is 10.2. The fraction of sp³-hybridized carbons (Fsp3) is 0.188. The number of hydrogen-bond acceptors (Lipinski definition) is 3. The van der Waals surface area contributed by atoms with Gasteiger partial charge in [0.25, 0.3) is 5.91 Å². The van der Waals surface area contributed by atoms with E-state index in [0.29, 0.717) is 23.4 Å². The number of carbonyl (C=O) groups is 1. The first-order valence-corrected chi connectivity index (χ1v) is 7.28. The number of benzene rings is 1. The van der Waals surface area contributed by atoms with Crippen LogP contribution >= 0.6 is 11.3 Å². The molecule has 0 radical (unpaired) electrons. The van der Waals surface area contributed by atoms with Gasteiger partial charge in [-0.2, -0.15) is 0 Å². The lowest BCUT2D eigenvalue weighted by molar-refractivity contribution is 0.0955. The third-order valence-corrected chi connectivity index (χ3v) is 3.61. The summed E-state index contributed by atoms with van der Waals surface area (Å²) >= 11 is 1.32. The minimum Gasteiger partial charge on any atom is -0.395 e. The molecule has 3 nitrogen and oxygen atoms in total. The average molecular weight is 303 g/mol. The maximum absolute atomic E-state index is 12.8. The van der Waals surface area contributed by atoms with E-state index in [9.17, 15) is 9.18 Å². The van der Waals surface area contributed by atoms with Gasteiger partial charge in [0.1, 0.15) is 10.7 Å². The number of rotatable bonds is 4. The largest absolute Gasteiger partial charge is 0.395 e. The van der Waals surface area contributed by atoms with Gasteiger partial charge >= 0.3 is 0 Å². The van der Waals surface area contributed by atoms with Crippen molar-refractivity contribution in [3.05, 3.63) is 57.5 Å². The third kappa shape index (κ3) is 4.42. The van der Waals surface area contributed by atoms with Gasteiger partial charge in [-0.1, -0.05) is 24.0 Å². The molecule has 0 spiro atoms. The molecule has 1 heterocycles. The Kier molecular flexibility index (Phi) is 5.50. The van der Waals surface area contributed by atoms with E-state index in [4.69, 9.17) is 5.11 Å². The molecular weight excluding hydrogens is 289 g/mol. The van der Waals surface area contributed by atoms with Gasteiger partial charge in [0.05, 0.1) is 6.61 Å². The maximum atomic E-state index is 12.8. The zero-order valence-electron chi connectivity index (χ0n) is 11.2. The van der Waals surface area contributed by atoms with E-state index < -0.39 is 0 Å². The van der Waals surface area contributed by atoms with Crippen LogP contribution in [-0.2, 0) is 6.54 Å². The Morgan fingerprint density at radius 2 is 2.05 bits per heavy atom. The predicted octanol–water partition coefficient (Wildman–Crippen LogP) is 2.55. The SMILES string of the molecule is O=C(NCc1ccc(F)cc1)c1sccc1C#CCCO. The number of carbonyl (C=O) groups excluding carboxylic acids is 1. The third-order valence-electron chi connectivity index (χ3n) is 2.70. The minimum atomic E-state index is -0.301. The van der Waals surface area contributed by atoms with Crippen LogP contribution in [0, 0.1) is 17.7 Å². The predicted molar refractivity (Wildman–Crippen MR) is 80.5 cm³/mol. The van der Waals surface area contributed by atoms with Gasteiger partial charge in [0.15, 0.2) is 0 Å². The average Bonchev–Trinajstić information content (AvgIpc) is 2.95. The van der Waals surface area contributed by atoms with E-state index in [0.717, 1.165) is 5.56 Å². The Morgan fingerprint density at radius 3 is 2.76 bits per heavy atom. The summed E-state index contributed by atoms with van der Waals surface area (Å²) in [5.74, 6) is 5.16. The molecule has 1 aromatic carbocycles. The van der Waals surface area contributed by atoms with Crippen LogP contribution in [0.5, 0.6) is 0 Å². The van der Waals surface area contributed by atoms with Gasteiger partial charge in [-0.3, -0.25) is 4.79 Å². The van der Waals surface area contributed by atoms with Crippen LogP contribution in [0.2, 0.25) is 0 Å². The van der Waals surface area contributed by atoms with Crippen LogP contribution in [0.3, 0.4) is 0 Å². The summed E-state index contributed by atoms with van der Waals surface area (Å²) in [7, 11) is 0. The summed E-state index contributed by atoms with van der Waals surface area (Å²) in [4.78, 5) is 12.7. The maximum Gasteiger partial charge on any atom is 0.262 e. The van der Waals surface area contributed by atoms with Crippen molar-refractivity contribution in [3.63, 3.8) is 0 Å². The summed E-state index contributed by atoms with van der Waals surface area (Å²) < 4.78 is 12.8. The molecule has 0 fully saturated rings. The van der Waals surface area contributed by atoms with Crippen molar-refractivity contribution in [2.24, 2.45) is 0 Å². The van der Waals surface area contributed by atoms with E-state index in [1.165, 1.54) is 23.5 Å². The van der Waals surface area contributed by atoms with Crippen molar-refractivity contribution < 1.29 is 14.3 Å². The van der Waals surface area contributed by atoms with E-state index in [-0.39, 0.29) is 18.3 Å². The molecule has 0 saturated heterocycles. The van der Waals surface area contributed by atoms with Crippen LogP contribution in [0.1, 0.15) is 27.2 Å². The molecule has 0 aliphatic rings. The lowest BCUT2D eigenvalue weighted by Gasteiger charge is -2.04. The van der Waals surface area contributed by atoms with Gasteiger partial charge in [0.2, 0.25) is 0 Å². The van der Waals surface area contributed by atoms with Gasteiger partial charge < -0.3 is 10.4 Å². The molecule has 2 rings (SSSR count). The van der Waals surface area contributed by atoms with Crippen LogP contribution < -0.4 is 5.32 Å². The highest BCUT2D eigenvalue weighted by atomic mass is 32.1. The first kappa shape index (κ1) is 15.2. The van der Waals surface area contributed by atoms with Crippen LogP contribution in [0.15, 0.2) is 35.7 Å².